The Morgan fingerprint density at radius 1 is 1.64 bits per heavy atom. The molecular formula is C5H10ClO4P. The van der Waals surface area contributed by atoms with Gasteiger partial charge in [-0.15, -0.1) is 0 Å². The summed E-state index contributed by atoms with van der Waals surface area (Å²) < 4.78 is 14.5. The molecule has 0 aromatic heterocycles. The average molecular weight is 201 g/mol. The smallest absolute Gasteiger partial charge is 0.408 e. The molecule has 0 amide bonds. The second-order valence-corrected chi connectivity index (χ2v) is 3.63. The lowest BCUT2D eigenvalue weighted by molar-refractivity contribution is 0.227. The Labute approximate surface area is 70.1 Å². The first-order valence-corrected chi connectivity index (χ1v) is 4.89. The molecule has 0 aliphatic heterocycles. The van der Waals surface area contributed by atoms with E-state index in [4.69, 9.17) is 21.4 Å². The fourth-order valence-electron chi connectivity index (χ4n) is 0.389. The fraction of sp³-hybridized carbons (Fsp3) is 0.600. The zero-order valence-electron chi connectivity index (χ0n) is 6.19. The summed E-state index contributed by atoms with van der Waals surface area (Å²) in [5.41, 5.74) is 1.02. The van der Waals surface area contributed by atoms with Crippen LogP contribution >= 0.6 is 19.4 Å². The molecule has 0 rings (SSSR count). The third-order valence-corrected chi connectivity index (χ3v) is 1.56. The minimum absolute atomic E-state index is 0.0833. The van der Waals surface area contributed by atoms with Crippen LogP contribution in [0.3, 0.4) is 0 Å². The summed E-state index contributed by atoms with van der Waals surface area (Å²) in [4.78, 5) is 16.7. The minimum Gasteiger partial charge on any atom is -0.408 e. The molecule has 0 radical (unpaired) electrons. The number of allylic oxidation sites excluding steroid dienone is 1. The highest BCUT2D eigenvalue weighted by Gasteiger charge is 2.19. The topological polar surface area (TPSA) is 66.8 Å². The van der Waals surface area contributed by atoms with Crippen molar-refractivity contribution < 1.29 is 18.9 Å². The van der Waals surface area contributed by atoms with Gasteiger partial charge in [0.25, 0.3) is 0 Å². The van der Waals surface area contributed by atoms with Gasteiger partial charge in [0, 0.05) is 11.5 Å². The molecule has 0 fully saturated rings. The maximum Gasteiger partial charge on any atom is 0.524 e. The molecule has 4 nitrogen and oxygen atoms in total. The molecule has 0 aromatic rings. The Morgan fingerprint density at radius 2 is 2.09 bits per heavy atom. The van der Waals surface area contributed by atoms with E-state index in [-0.39, 0.29) is 11.7 Å². The van der Waals surface area contributed by atoms with Gasteiger partial charge < -0.3 is 4.52 Å². The third-order valence-electron chi connectivity index (χ3n) is 0.901. The number of phosphoric ester groups is 1. The van der Waals surface area contributed by atoms with Crippen molar-refractivity contribution in [1.82, 2.24) is 0 Å². The van der Waals surface area contributed by atoms with Crippen molar-refractivity contribution >= 4 is 19.4 Å². The standard InChI is InChI=1S/C5H10ClO4P/c1-4(2)5(3-6)10-11(7,8)9/h3-4H,1-2H3,(H2,7,8,9). The molecule has 11 heavy (non-hydrogen) atoms. The fourth-order valence-corrected chi connectivity index (χ4v) is 1.29. The van der Waals surface area contributed by atoms with E-state index in [0.29, 0.717) is 0 Å². The molecule has 0 saturated carbocycles. The zero-order valence-corrected chi connectivity index (χ0v) is 7.84. The number of halogens is 1. The Kier molecular flexibility index (Phi) is 4.11. The summed E-state index contributed by atoms with van der Waals surface area (Å²) in [6, 6.07) is 0. The van der Waals surface area contributed by atoms with Crippen LogP contribution < -0.4 is 0 Å². The summed E-state index contributed by atoms with van der Waals surface area (Å²) >= 11 is 5.24. The normalized spacial score (nSPS) is 13.8. The van der Waals surface area contributed by atoms with Crippen LogP contribution in [0.1, 0.15) is 13.8 Å². The second kappa shape index (κ2) is 4.12. The van der Waals surface area contributed by atoms with Gasteiger partial charge in [-0.25, -0.2) is 4.57 Å². The van der Waals surface area contributed by atoms with E-state index >= 15 is 0 Å². The quantitative estimate of drug-likeness (QED) is 0.539. The van der Waals surface area contributed by atoms with E-state index in [1.807, 2.05) is 0 Å². The van der Waals surface area contributed by atoms with Crippen molar-refractivity contribution in [3.05, 3.63) is 11.3 Å². The summed E-state index contributed by atoms with van der Waals surface area (Å²) in [7, 11) is -4.44. The van der Waals surface area contributed by atoms with Crippen LogP contribution in [0, 0.1) is 5.92 Å². The van der Waals surface area contributed by atoms with E-state index in [1.165, 1.54) is 0 Å². The Hall–Kier alpha value is -0.0200. The molecule has 0 saturated heterocycles. The Morgan fingerprint density at radius 3 is 2.18 bits per heavy atom. The molecule has 0 aliphatic carbocycles. The van der Waals surface area contributed by atoms with E-state index < -0.39 is 7.82 Å². The number of rotatable bonds is 3. The molecule has 66 valence electrons. The largest absolute Gasteiger partial charge is 0.524 e. The number of hydrogen-bond acceptors (Lipinski definition) is 2. The van der Waals surface area contributed by atoms with Crippen molar-refractivity contribution in [1.29, 1.82) is 0 Å². The first kappa shape index (κ1) is 11.0. The summed E-state index contributed by atoms with van der Waals surface area (Å²) in [6.45, 7) is 3.42. The lowest BCUT2D eigenvalue weighted by Gasteiger charge is -2.12. The Balaban J connectivity index is 4.24. The molecule has 0 atom stereocenters. The predicted octanol–water partition coefficient (Wildman–Crippen LogP) is 1.83. The van der Waals surface area contributed by atoms with Crippen molar-refractivity contribution in [3.8, 4) is 0 Å². The van der Waals surface area contributed by atoms with Crippen molar-refractivity contribution in [3.63, 3.8) is 0 Å². The molecule has 2 N–H and O–H groups in total. The predicted molar refractivity (Wildman–Crippen MR) is 41.9 cm³/mol. The van der Waals surface area contributed by atoms with Gasteiger partial charge in [0.1, 0.15) is 5.76 Å². The maximum atomic E-state index is 10.3. The molecule has 0 aromatic carbocycles. The highest BCUT2D eigenvalue weighted by Crippen LogP contribution is 2.40. The van der Waals surface area contributed by atoms with Crippen LogP contribution in [-0.2, 0) is 9.09 Å². The van der Waals surface area contributed by atoms with Crippen LogP contribution in [0.2, 0.25) is 0 Å². The highest BCUT2D eigenvalue weighted by molar-refractivity contribution is 7.46. The van der Waals surface area contributed by atoms with Crippen LogP contribution in [0.25, 0.3) is 0 Å². The lowest BCUT2D eigenvalue weighted by atomic mass is 10.2. The highest BCUT2D eigenvalue weighted by atomic mass is 35.5. The van der Waals surface area contributed by atoms with Gasteiger partial charge in [0.15, 0.2) is 0 Å². The number of hydrogen-bond donors (Lipinski definition) is 2. The van der Waals surface area contributed by atoms with Crippen LogP contribution in [0.4, 0.5) is 0 Å². The van der Waals surface area contributed by atoms with Crippen molar-refractivity contribution in [2.45, 2.75) is 13.8 Å². The first-order chi connectivity index (χ1) is 4.87. The molecule has 0 aliphatic rings. The van der Waals surface area contributed by atoms with E-state index in [1.54, 1.807) is 13.8 Å². The van der Waals surface area contributed by atoms with Crippen LogP contribution in [0.15, 0.2) is 11.3 Å². The van der Waals surface area contributed by atoms with Crippen molar-refractivity contribution in [2.75, 3.05) is 0 Å². The molecule has 0 heterocycles. The minimum atomic E-state index is -4.44. The summed E-state index contributed by atoms with van der Waals surface area (Å²) in [6.07, 6.45) is 0. The summed E-state index contributed by atoms with van der Waals surface area (Å²) in [5, 5.41) is 0. The molecule has 0 unspecified atom stereocenters. The monoisotopic (exact) mass is 200 g/mol. The molecule has 0 bridgehead atoms. The molecule has 6 heteroatoms. The van der Waals surface area contributed by atoms with Crippen LogP contribution in [-0.4, -0.2) is 9.79 Å². The SMILES string of the molecule is CC(C)C(=CCl)OP(=O)(O)O. The summed E-state index contributed by atoms with van der Waals surface area (Å²) in [5.74, 6) is -0.0554. The van der Waals surface area contributed by atoms with E-state index in [9.17, 15) is 4.57 Å². The maximum absolute atomic E-state index is 10.3. The molecule has 0 spiro atoms. The number of phosphoric acid groups is 1. The lowest BCUT2D eigenvalue weighted by Crippen LogP contribution is -1.97. The Bertz CT molecular complexity index is 195. The van der Waals surface area contributed by atoms with Gasteiger partial charge in [0.05, 0.1) is 0 Å². The van der Waals surface area contributed by atoms with E-state index in [0.717, 1.165) is 5.54 Å². The van der Waals surface area contributed by atoms with Crippen LogP contribution in [0.5, 0.6) is 0 Å². The van der Waals surface area contributed by atoms with Gasteiger partial charge in [-0.3, -0.25) is 9.79 Å². The second-order valence-electron chi connectivity index (χ2n) is 2.25. The van der Waals surface area contributed by atoms with E-state index in [2.05, 4.69) is 4.52 Å². The zero-order chi connectivity index (χ0) is 9.07. The van der Waals surface area contributed by atoms with Gasteiger partial charge in [-0.05, 0) is 0 Å². The third kappa shape index (κ3) is 5.27. The van der Waals surface area contributed by atoms with Gasteiger partial charge in [-0.2, -0.15) is 0 Å². The van der Waals surface area contributed by atoms with Gasteiger partial charge in [0.2, 0.25) is 0 Å². The van der Waals surface area contributed by atoms with Crippen molar-refractivity contribution in [2.24, 2.45) is 5.92 Å². The van der Waals surface area contributed by atoms with Gasteiger partial charge in [-0.1, -0.05) is 25.4 Å². The first-order valence-electron chi connectivity index (χ1n) is 2.92. The average Bonchev–Trinajstić information content (AvgIpc) is 1.80. The van der Waals surface area contributed by atoms with Gasteiger partial charge >= 0.3 is 7.82 Å². The molecular weight excluding hydrogens is 190 g/mol.